The molecule has 0 spiro atoms. The molecule has 318 valence electrons. The zero-order valence-corrected chi connectivity index (χ0v) is 51.0. The summed E-state index contributed by atoms with van der Waals surface area (Å²) in [6.45, 7) is 69.3. The van der Waals surface area contributed by atoms with E-state index in [9.17, 15) is 0 Å². The Labute approximate surface area is 362 Å². The van der Waals surface area contributed by atoms with Gasteiger partial charge in [-0.3, -0.25) is 0 Å². The third-order valence-corrected chi connectivity index (χ3v) is 56.9. The van der Waals surface area contributed by atoms with E-state index in [2.05, 4.69) is 208 Å². The van der Waals surface area contributed by atoms with Crippen LogP contribution in [0.5, 0.6) is 0 Å². The Morgan fingerprint density at radius 2 is 0.714 bits per heavy atom. The molecule has 0 saturated heterocycles. The summed E-state index contributed by atoms with van der Waals surface area (Å²) in [5.74, 6) is 2.73. The number of benzene rings is 2. The van der Waals surface area contributed by atoms with Crippen LogP contribution in [0.25, 0.3) is 0 Å². The molecule has 1 unspecified atom stereocenters. The molecule has 56 heavy (non-hydrogen) atoms. The molecular formula is C48H92GeSSi6. The van der Waals surface area contributed by atoms with Crippen molar-refractivity contribution < 1.29 is 0 Å². The van der Waals surface area contributed by atoms with E-state index in [0.717, 1.165) is 5.16 Å². The molecule has 0 aliphatic carbocycles. The Morgan fingerprint density at radius 1 is 0.411 bits per heavy atom. The second kappa shape index (κ2) is 17.3. The maximum atomic E-state index is 3.02. The molecule has 0 amide bonds. The molecule has 0 fully saturated rings. The van der Waals surface area contributed by atoms with Gasteiger partial charge in [0.05, 0.1) is 0 Å². The van der Waals surface area contributed by atoms with Gasteiger partial charge in [-0.15, -0.1) is 0 Å². The molecule has 1 heterocycles. The molecule has 1 atom stereocenters. The van der Waals surface area contributed by atoms with Gasteiger partial charge in [0.2, 0.25) is 0 Å². The average Bonchev–Trinajstić information content (AvgIpc) is 2.93. The number of allylic oxidation sites excluding steroid dienone is 1. The summed E-state index contributed by atoms with van der Waals surface area (Å²) < 4.78 is 3.91. The van der Waals surface area contributed by atoms with E-state index in [1.165, 1.54) is 11.0 Å². The van der Waals surface area contributed by atoms with Crippen molar-refractivity contribution in [3.8, 4) is 0 Å². The van der Waals surface area contributed by atoms with Crippen LogP contribution in [0.1, 0.15) is 122 Å². The summed E-state index contributed by atoms with van der Waals surface area (Å²) in [5, 5.41) is 3.48. The van der Waals surface area contributed by atoms with Crippen LogP contribution in [0.2, 0.25) is 123 Å². The van der Waals surface area contributed by atoms with Crippen LogP contribution in [-0.2, 0) is 0 Å². The monoisotopic (exact) mass is 942 g/mol. The Hall–Kier alpha value is 0.374. The van der Waals surface area contributed by atoms with E-state index < -0.39 is 60.6 Å². The van der Waals surface area contributed by atoms with Gasteiger partial charge < -0.3 is 0 Å². The van der Waals surface area contributed by atoms with Crippen molar-refractivity contribution in [1.82, 2.24) is 0 Å². The summed E-state index contributed by atoms with van der Waals surface area (Å²) in [6.07, 6.45) is 0. The van der Waals surface area contributed by atoms with Crippen molar-refractivity contribution in [3.05, 3.63) is 68.8 Å². The molecular weight excluding hydrogens is 850 g/mol. The minimum absolute atomic E-state index is 0.500. The third kappa shape index (κ3) is 10.9. The molecule has 0 N–H and O–H groups in total. The molecule has 0 nitrogen and oxygen atoms in total. The van der Waals surface area contributed by atoms with Gasteiger partial charge in [0.25, 0.3) is 0 Å². The molecule has 8 heteroatoms. The second-order valence-electron chi connectivity index (χ2n) is 26.0. The zero-order chi connectivity index (χ0) is 43.7. The minimum atomic E-state index is -3.36. The van der Waals surface area contributed by atoms with Gasteiger partial charge >= 0.3 is 366 Å². The van der Waals surface area contributed by atoms with E-state index in [1.807, 2.05) is 19.9 Å². The van der Waals surface area contributed by atoms with Crippen LogP contribution in [0.15, 0.2) is 35.4 Å². The van der Waals surface area contributed by atoms with E-state index in [4.69, 9.17) is 0 Å². The van der Waals surface area contributed by atoms with Gasteiger partial charge in [0.15, 0.2) is 0 Å². The van der Waals surface area contributed by atoms with Crippen molar-refractivity contribution in [2.45, 2.75) is 212 Å². The number of hydrogen-bond donors (Lipinski definition) is 0. The van der Waals surface area contributed by atoms with Crippen molar-refractivity contribution in [3.63, 3.8) is 0 Å². The van der Waals surface area contributed by atoms with Gasteiger partial charge in [-0.25, -0.2) is 0 Å². The van der Waals surface area contributed by atoms with Crippen LogP contribution < -0.4 is 8.79 Å². The maximum absolute atomic E-state index is 3.36. The third-order valence-electron chi connectivity index (χ3n) is 13.1. The Balaban J connectivity index is 3.05. The fourth-order valence-electron chi connectivity index (χ4n) is 12.4. The SMILES string of the molecule is CC1=C(C)[CH2][Ge]([c]2c(C(C)C)cc(C(C)C)cc2C(C)C)([c]2c(C([Si](C)(C)C)[Si](C)(C)C)cc(C([Si](C)(C)C)[Si](C)(C)C)cc2C([Si](C)(C)C)[Si](C)(C)C)[S]C1. The molecule has 0 aromatic heterocycles. The fourth-order valence-corrected chi connectivity index (χ4v) is 71.6. The Bertz CT molecular complexity index is 1620. The molecule has 3 rings (SSSR count). The molecule has 0 bridgehead atoms. The summed E-state index contributed by atoms with van der Waals surface area (Å²) in [4.78, 5) is 0. The zero-order valence-electron chi connectivity index (χ0n) is 42.1. The normalized spacial score (nSPS) is 18.6. The van der Waals surface area contributed by atoms with Crippen LogP contribution in [-0.4, -0.2) is 66.3 Å². The summed E-state index contributed by atoms with van der Waals surface area (Å²) in [7, 11) is -7.41. The predicted molar refractivity (Wildman–Crippen MR) is 284 cm³/mol. The average molecular weight is 942 g/mol. The van der Waals surface area contributed by atoms with Crippen molar-refractivity contribution in [2.24, 2.45) is 0 Å². The first-order valence-electron chi connectivity index (χ1n) is 22.5. The van der Waals surface area contributed by atoms with Gasteiger partial charge in [-0.1, -0.05) is 0 Å². The Kier molecular flexibility index (Phi) is 15.6. The van der Waals surface area contributed by atoms with E-state index >= 15 is 0 Å². The quantitative estimate of drug-likeness (QED) is 0.134. The molecule has 2 aromatic carbocycles. The van der Waals surface area contributed by atoms with E-state index in [0.29, 0.717) is 28.1 Å². The van der Waals surface area contributed by atoms with Crippen molar-refractivity contribution in [2.75, 3.05) is 5.75 Å². The van der Waals surface area contributed by atoms with Crippen molar-refractivity contribution in [1.29, 1.82) is 0 Å². The summed E-state index contributed by atoms with van der Waals surface area (Å²) in [5.41, 5.74) is 14.0. The first kappa shape index (κ1) is 50.7. The van der Waals surface area contributed by atoms with E-state index in [1.54, 1.807) is 33.4 Å². The molecule has 2 aromatic rings. The van der Waals surface area contributed by atoms with Gasteiger partial charge in [-0.2, -0.15) is 0 Å². The van der Waals surface area contributed by atoms with Gasteiger partial charge in [0, 0.05) is 0 Å². The molecule has 1 aliphatic heterocycles. The second-order valence-corrected chi connectivity index (χ2v) is 71.9. The molecule has 1 aliphatic rings. The summed E-state index contributed by atoms with van der Waals surface area (Å²) in [6, 6.07) is 11.5. The first-order chi connectivity index (χ1) is 24.9. The summed E-state index contributed by atoms with van der Waals surface area (Å²) >= 11 is -3.36. The first-order valence-corrected chi connectivity index (χ1v) is 51.1. The molecule has 0 saturated carbocycles. The Morgan fingerprint density at radius 3 is 0.982 bits per heavy atom. The van der Waals surface area contributed by atoms with Crippen LogP contribution in [0.4, 0.5) is 0 Å². The standard InChI is InChI=1S/C48H92GeSSi6/c1-33(2)38-27-40(34(3)4)44(41(28-38)35(5)6)49(31-36(7)37(8)32-50-49)45-42(47(53(15,16)17)54(18,19)20)29-39(46(51(9,10)11)52(12,13)14)30-43(45)48(55(21,22)23)56(24,25)26/h27-30,33-35,46-48H,31-32H2,1-26H3. The molecule has 0 radical (unpaired) electrons. The number of rotatable bonds is 14. The van der Waals surface area contributed by atoms with Crippen LogP contribution in [0.3, 0.4) is 0 Å². The predicted octanol–water partition coefficient (Wildman–Crippen LogP) is 15.7. The van der Waals surface area contributed by atoms with Gasteiger partial charge in [-0.05, 0) is 0 Å². The van der Waals surface area contributed by atoms with Crippen LogP contribution in [0, 0.1) is 0 Å². The van der Waals surface area contributed by atoms with Crippen LogP contribution >= 0.6 is 10.1 Å². The van der Waals surface area contributed by atoms with Gasteiger partial charge in [0.1, 0.15) is 0 Å². The fraction of sp³-hybridized carbons (Fsp3) is 0.708. The van der Waals surface area contributed by atoms with Crippen molar-refractivity contribution >= 4 is 79.4 Å². The number of hydrogen-bond acceptors (Lipinski definition) is 1. The topological polar surface area (TPSA) is 0 Å². The van der Waals surface area contributed by atoms with E-state index in [-0.39, 0.29) is 0 Å².